The number of fused-ring (bicyclic) bond motifs is 1. The van der Waals surface area contributed by atoms with Gasteiger partial charge < -0.3 is 19.4 Å². The molecule has 260 valence electrons. The topological polar surface area (TPSA) is 110 Å². The number of pyridine rings is 1. The lowest BCUT2D eigenvalue weighted by Gasteiger charge is -2.40. The summed E-state index contributed by atoms with van der Waals surface area (Å²) in [4.78, 5) is 51.9. The third-order valence-electron chi connectivity index (χ3n) is 8.65. The van der Waals surface area contributed by atoms with Gasteiger partial charge in [-0.15, -0.1) is 0 Å². The number of hydrogen-bond acceptors (Lipinski definition) is 9. The van der Waals surface area contributed by atoms with Crippen molar-refractivity contribution in [2.24, 2.45) is 0 Å². The van der Waals surface area contributed by atoms with Crippen LogP contribution in [0.4, 0.5) is 10.2 Å². The number of rotatable bonds is 10. The molecule has 0 radical (unpaired) electrons. The van der Waals surface area contributed by atoms with E-state index in [4.69, 9.17) is 31.3 Å². The van der Waals surface area contributed by atoms with Crippen molar-refractivity contribution in [3.05, 3.63) is 75.2 Å². The monoisotopic (exact) mass is 690 g/mol. The Bertz CT molecular complexity index is 1910. The highest BCUT2D eigenvalue weighted by atomic mass is 35.5. The van der Waals surface area contributed by atoms with Crippen molar-refractivity contribution >= 4 is 34.4 Å². The van der Waals surface area contributed by atoms with Crippen LogP contribution in [0.25, 0.3) is 28.0 Å². The molecule has 0 saturated carbocycles. The Morgan fingerprint density at radius 1 is 1.12 bits per heavy atom. The number of carbonyl (C=O) groups is 1. The maximum absolute atomic E-state index is 15.4. The van der Waals surface area contributed by atoms with Crippen molar-refractivity contribution in [1.82, 2.24) is 34.3 Å². The van der Waals surface area contributed by atoms with E-state index in [1.807, 2.05) is 58.5 Å². The lowest BCUT2D eigenvalue weighted by molar-refractivity contribution is -0.126. The number of piperazine rings is 1. The van der Waals surface area contributed by atoms with E-state index >= 15 is 4.39 Å². The third kappa shape index (κ3) is 7.16. The van der Waals surface area contributed by atoms with Crippen LogP contribution >= 0.6 is 11.6 Å². The van der Waals surface area contributed by atoms with Gasteiger partial charge >= 0.3 is 11.7 Å². The van der Waals surface area contributed by atoms with Crippen LogP contribution in [0.3, 0.4) is 0 Å². The van der Waals surface area contributed by atoms with Crippen molar-refractivity contribution in [1.29, 1.82) is 0 Å². The number of amides is 1. The number of hydrogen-bond donors (Lipinski definition) is 0. The van der Waals surface area contributed by atoms with Crippen molar-refractivity contribution in [2.75, 3.05) is 51.8 Å². The minimum absolute atomic E-state index is 0.149. The van der Waals surface area contributed by atoms with Crippen molar-refractivity contribution in [3.8, 4) is 23.0 Å². The zero-order valence-corrected chi connectivity index (χ0v) is 30.2. The number of ether oxygens (including phenoxy) is 1. The summed E-state index contributed by atoms with van der Waals surface area (Å²) in [6.45, 7) is 17.6. The summed E-state index contributed by atoms with van der Waals surface area (Å²) in [7, 11) is 3.91. The van der Waals surface area contributed by atoms with Crippen LogP contribution in [0.1, 0.15) is 63.4 Å². The quantitative estimate of drug-likeness (QED) is 0.192. The predicted molar refractivity (Wildman–Crippen MR) is 192 cm³/mol. The van der Waals surface area contributed by atoms with Crippen molar-refractivity contribution in [3.63, 3.8) is 0 Å². The second kappa shape index (κ2) is 14.6. The highest BCUT2D eigenvalue weighted by Gasteiger charge is 2.32. The number of benzene rings is 1. The average molecular weight is 691 g/mol. The minimum Gasteiger partial charge on any atom is -0.462 e. The molecule has 0 aliphatic carbocycles. The number of nitrogens with zero attached hydrogens (tertiary/aromatic N) is 8. The smallest absolute Gasteiger partial charge is 0.355 e. The molecule has 1 saturated heterocycles. The standard InChI is InChI=1S/C36H44ClFN8O3/c1-10-27(47)44-14-15-45(23(7)19-44)33-24-18-25(37)31(28-22(6)12-11-13-26(28)38)39-34(24)46(36(48)42-33)32-29(20(2)3)40-35(41-30(32)21(4)5)49-17-16-43(8)9/h10-13,18,20-21,23H,1,14-17,19H2,2-9H3/t23-/m0/s1. The van der Waals surface area contributed by atoms with E-state index in [9.17, 15) is 9.59 Å². The fraction of sp³-hybridized carbons (Fsp3) is 0.444. The maximum atomic E-state index is 15.4. The molecule has 1 amide bonds. The van der Waals surface area contributed by atoms with Gasteiger partial charge in [-0.1, -0.05) is 58.0 Å². The molecule has 0 unspecified atom stereocenters. The molecule has 11 nitrogen and oxygen atoms in total. The summed E-state index contributed by atoms with van der Waals surface area (Å²) in [5, 5.41) is 0.699. The number of aromatic nitrogens is 5. The number of carbonyl (C=O) groups excluding carboxylic acids is 1. The minimum atomic E-state index is -0.598. The summed E-state index contributed by atoms with van der Waals surface area (Å²) in [5.41, 5.74) is 2.35. The first-order chi connectivity index (χ1) is 23.2. The van der Waals surface area contributed by atoms with Gasteiger partial charge in [0.1, 0.15) is 18.2 Å². The van der Waals surface area contributed by atoms with Gasteiger partial charge in [0.25, 0.3) is 0 Å². The molecular weight excluding hydrogens is 647 g/mol. The largest absolute Gasteiger partial charge is 0.462 e. The Morgan fingerprint density at radius 2 is 1.80 bits per heavy atom. The molecule has 0 spiro atoms. The fourth-order valence-corrected chi connectivity index (χ4v) is 6.37. The second-order valence-electron chi connectivity index (χ2n) is 13.3. The van der Waals surface area contributed by atoms with Crippen LogP contribution in [0.15, 0.2) is 41.7 Å². The van der Waals surface area contributed by atoms with Gasteiger partial charge in [0.2, 0.25) is 5.91 Å². The van der Waals surface area contributed by atoms with E-state index < -0.39 is 11.5 Å². The van der Waals surface area contributed by atoms with Gasteiger partial charge in [0.15, 0.2) is 5.65 Å². The Balaban J connectivity index is 1.83. The van der Waals surface area contributed by atoms with Gasteiger partial charge in [-0.3, -0.25) is 4.79 Å². The molecule has 1 atom stereocenters. The van der Waals surface area contributed by atoms with E-state index in [0.717, 1.165) is 0 Å². The Kier molecular flexibility index (Phi) is 10.7. The van der Waals surface area contributed by atoms with Crippen molar-refractivity contribution in [2.45, 2.75) is 59.4 Å². The summed E-state index contributed by atoms with van der Waals surface area (Å²) in [6.07, 6.45) is 1.30. The van der Waals surface area contributed by atoms with Gasteiger partial charge in [-0.2, -0.15) is 15.0 Å². The first-order valence-electron chi connectivity index (χ1n) is 16.5. The lowest BCUT2D eigenvalue weighted by atomic mass is 10.0. The Hall–Kier alpha value is -4.42. The number of aryl methyl sites for hydroxylation is 1. The first-order valence-corrected chi connectivity index (χ1v) is 16.9. The molecule has 1 aliphatic heterocycles. The molecule has 4 aromatic rings. The molecule has 13 heteroatoms. The summed E-state index contributed by atoms with van der Waals surface area (Å²) in [5.74, 6) is -0.566. The highest BCUT2D eigenvalue weighted by Crippen LogP contribution is 2.38. The summed E-state index contributed by atoms with van der Waals surface area (Å²) >= 11 is 6.93. The zero-order chi connectivity index (χ0) is 35.7. The molecule has 0 N–H and O–H groups in total. The van der Waals surface area contributed by atoms with Crippen molar-refractivity contribution < 1.29 is 13.9 Å². The van der Waals surface area contributed by atoms with Gasteiger partial charge in [0, 0.05) is 37.8 Å². The fourth-order valence-electron chi connectivity index (χ4n) is 6.12. The number of halogens is 2. The van der Waals surface area contributed by atoms with E-state index in [0.29, 0.717) is 66.6 Å². The van der Waals surface area contributed by atoms with E-state index in [1.165, 1.54) is 16.7 Å². The van der Waals surface area contributed by atoms with E-state index in [1.54, 1.807) is 30.0 Å². The van der Waals surface area contributed by atoms with E-state index in [-0.39, 0.29) is 51.7 Å². The van der Waals surface area contributed by atoms with Crippen LogP contribution in [-0.2, 0) is 4.79 Å². The number of likely N-dealkylation sites (N-methyl/N-ethyl adjacent to an activating group) is 1. The third-order valence-corrected chi connectivity index (χ3v) is 8.94. The highest BCUT2D eigenvalue weighted by molar-refractivity contribution is 6.34. The molecule has 4 heterocycles. The Morgan fingerprint density at radius 3 is 2.37 bits per heavy atom. The van der Waals surface area contributed by atoms with Crippen LogP contribution in [0, 0.1) is 12.7 Å². The zero-order valence-electron chi connectivity index (χ0n) is 29.4. The molecule has 5 rings (SSSR count). The average Bonchev–Trinajstić information content (AvgIpc) is 3.04. The molecule has 1 aromatic carbocycles. The first kappa shape index (κ1) is 35.9. The second-order valence-corrected chi connectivity index (χ2v) is 13.7. The predicted octanol–water partition coefficient (Wildman–Crippen LogP) is 5.75. The molecule has 3 aromatic heterocycles. The lowest BCUT2D eigenvalue weighted by Crippen LogP contribution is -2.54. The van der Waals surface area contributed by atoms with Crippen LogP contribution in [-0.4, -0.2) is 93.1 Å². The summed E-state index contributed by atoms with van der Waals surface area (Å²) in [6, 6.07) is 6.49. The normalized spacial score (nSPS) is 15.2. The van der Waals surface area contributed by atoms with Crippen LogP contribution in [0.2, 0.25) is 5.02 Å². The van der Waals surface area contributed by atoms with Gasteiger partial charge in [-0.05, 0) is 63.6 Å². The molecule has 0 bridgehead atoms. The van der Waals surface area contributed by atoms with Gasteiger partial charge in [0.05, 0.1) is 33.2 Å². The summed E-state index contributed by atoms with van der Waals surface area (Å²) < 4.78 is 22.9. The Labute approximate surface area is 291 Å². The molecule has 1 aliphatic rings. The molecule has 1 fully saturated rings. The van der Waals surface area contributed by atoms with Crippen LogP contribution < -0.4 is 15.3 Å². The van der Waals surface area contributed by atoms with Crippen LogP contribution in [0.5, 0.6) is 6.01 Å². The van der Waals surface area contributed by atoms with E-state index in [2.05, 4.69) is 11.6 Å². The maximum Gasteiger partial charge on any atom is 0.355 e. The molecular formula is C36H44ClFN8O3. The molecule has 49 heavy (non-hydrogen) atoms. The SMILES string of the molecule is C=CC(=O)N1CCN(c2nc(=O)n(-c3c(C(C)C)nc(OCCN(C)C)nc3C(C)C)c3nc(-c4c(C)cccc4F)c(Cl)cc23)[C@@H](C)C1. The number of anilines is 1. The van der Waals surface area contributed by atoms with Gasteiger partial charge in [-0.25, -0.2) is 18.7 Å².